The molecule has 2 heterocycles. The molecule has 2 N–H and O–H groups in total. The zero-order valence-corrected chi connectivity index (χ0v) is 17.3. The summed E-state index contributed by atoms with van der Waals surface area (Å²) in [6, 6.07) is 26.4. The van der Waals surface area contributed by atoms with Gasteiger partial charge in [-0.05, 0) is 18.2 Å². The summed E-state index contributed by atoms with van der Waals surface area (Å²) in [5.41, 5.74) is 4.98. The minimum absolute atomic E-state index is 0.0553. The fourth-order valence-corrected chi connectivity index (χ4v) is 4.72. The van der Waals surface area contributed by atoms with E-state index < -0.39 is 0 Å². The Balaban J connectivity index is 1.80. The van der Waals surface area contributed by atoms with Crippen molar-refractivity contribution in [1.29, 1.82) is 0 Å². The zero-order valence-electron chi connectivity index (χ0n) is 16.6. The van der Waals surface area contributed by atoms with Crippen molar-refractivity contribution in [3.63, 3.8) is 0 Å². The molecule has 1 fully saturated rings. The van der Waals surface area contributed by atoms with Crippen LogP contribution in [0.3, 0.4) is 0 Å². The highest BCUT2D eigenvalue weighted by Crippen LogP contribution is 2.38. The molecule has 5 heteroatoms. The number of halogens is 1. The van der Waals surface area contributed by atoms with Crippen molar-refractivity contribution in [1.82, 2.24) is 4.73 Å². The summed E-state index contributed by atoms with van der Waals surface area (Å²) in [6.07, 6.45) is 0. The quantitative estimate of drug-likeness (QED) is 0.486. The second kappa shape index (κ2) is 8.15. The third-order valence-electron chi connectivity index (χ3n) is 5.97. The van der Waals surface area contributed by atoms with Gasteiger partial charge in [-0.1, -0.05) is 72.3 Å². The Morgan fingerprint density at radius 2 is 1.53 bits per heavy atom. The molecule has 4 nitrogen and oxygen atoms in total. The lowest BCUT2D eigenvalue weighted by Crippen LogP contribution is -3.14. The van der Waals surface area contributed by atoms with Gasteiger partial charge in [0.1, 0.15) is 19.1 Å². The van der Waals surface area contributed by atoms with Crippen LogP contribution in [-0.4, -0.2) is 36.2 Å². The molecule has 1 aliphatic heterocycles. The summed E-state index contributed by atoms with van der Waals surface area (Å²) in [4.78, 5) is 1.43. The average Bonchev–Trinajstić information content (AvgIpc) is 3.09. The molecular formula is C25H24ClN2O2+. The van der Waals surface area contributed by atoms with Crippen LogP contribution in [0.25, 0.3) is 22.2 Å². The van der Waals surface area contributed by atoms with Crippen LogP contribution in [0.1, 0.15) is 17.2 Å². The molecule has 3 aromatic carbocycles. The highest BCUT2D eigenvalue weighted by molar-refractivity contribution is 6.30. The fourth-order valence-electron chi connectivity index (χ4n) is 4.60. The number of ether oxygens (including phenoxy) is 1. The predicted molar refractivity (Wildman–Crippen MR) is 119 cm³/mol. The summed E-state index contributed by atoms with van der Waals surface area (Å²) in [5.74, 6) is 0. The van der Waals surface area contributed by atoms with Crippen LogP contribution in [-0.2, 0) is 4.74 Å². The molecular weight excluding hydrogens is 396 g/mol. The second-order valence-electron chi connectivity index (χ2n) is 7.71. The molecule has 1 saturated heterocycles. The van der Waals surface area contributed by atoms with Gasteiger partial charge in [-0.3, -0.25) is 0 Å². The molecule has 5 rings (SSSR count). The SMILES string of the molecule is On1c(-c2ccccc2)c([C@H](c2ccc(Cl)cc2)[NH+]2CCOCC2)c2ccccc21. The van der Waals surface area contributed by atoms with E-state index in [2.05, 4.69) is 30.3 Å². The highest BCUT2D eigenvalue weighted by Gasteiger charge is 2.34. The molecule has 152 valence electrons. The molecule has 0 bridgehead atoms. The number of nitrogens with zero attached hydrogens (tertiary/aromatic N) is 1. The third-order valence-corrected chi connectivity index (χ3v) is 6.22. The van der Waals surface area contributed by atoms with Gasteiger partial charge in [0.2, 0.25) is 0 Å². The van der Waals surface area contributed by atoms with Crippen LogP contribution in [0, 0.1) is 0 Å². The van der Waals surface area contributed by atoms with Gasteiger partial charge in [0.15, 0.2) is 0 Å². The largest absolute Gasteiger partial charge is 0.428 e. The normalized spacial score (nSPS) is 16.0. The Morgan fingerprint density at radius 3 is 2.27 bits per heavy atom. The van der Waals surface area contributed by atoms with Crippen molar-refractivity contribution in [2.45, 2.75) is 6.04 Å². The number of benzene rings is 3. The molecule has 0 unspecified atom stereocenters. The molecule has 0 spiro atoms. The molecule has 0 radical (unpaired) electrons. The lowest BCUT2D eigenvalue weighted by Gasteiger charge is -2.32. The Morgan fingerprint density at radius 1 is 0.867 bits per heavy atom. The van der Waals surface area contributed by atoms with E-state index in [9.17, 15) is 5.21 Å². The molecule has 4 aromatic rings. The zero-order chi connectivity index (χ0) is 20.5. The van der Waals surface area contributed by atoms with E-state index in [1.54, 1.807) is 0 Å². The van der Waals surface area contributed by atoms with Crippen molar-refractivity contribution in [3.05, 3.63) is 95.0 Å². The van der Waals surface area contributed by atoms with Crippen LogP contribution in [0.2, 0.25) is 5.02 Å². The smallest absolute Gasteiger partial charge is 0.142 e. The Bertz CT molecular complexity index is 1150. The average molecular weight is 420 g/mol. The fraction of sp³-hybridized carbons (Fsp3) is 0.200. The summed E-state index contributed by atoms with van der Waals surface area (Å²) in [5, 5.41) is 13.0. The third kappa shape index (κ3) is 3.37. The second-order valence-corrected chi connectivity index (χ2v) is 8.15. The van der Waals surface area contributed by atoms with Crippen LogP contribution < -0.4 is 4.90 Å². The highest BCUT2D eigenvalue weighted by atomic mass is 35.5. The summed E-state index contributed by atoms with van der Waals surface area (Å²) in [7, 11) is 0. The monoisotopic (exact) mass is 419 g/mol. The van der Waals surface area contributed by atoms with Crippen LogP contribution in [0.5, 0.6) is 0 Å². The lowest BCUT2D eigenvalue weighted by atomic mass is 9.92. The van der Waals surface area contributed by atoms with Crippen molar-refractivity contribution >= 4 is 22.5 Å². The standard InChI is InChI=1S/C25H23ClN2O2/c26-20-12-10-19(11-13-20)24(27-14-16-30-17-15-27)23-21-8-4-5-9-22(21)28(29)25(23)18-6-2-1-3-7-18/h1-13,24,29H,14-17H2/p+1/t24-/m0/s1. The van der Waals surface area contributed by atoms with Crippen LogP contribution in [0.4, 0.5) is 0 Å². The van der Waals surface area contributed by atoms with Crippen molar-refractivity contribution < 1.29 is 14.8 Å². The van der Waals surface area contributed by atoms with Crippen molar-refractivity contribution in [3.8, 4) is 11.3 Å². The first-order valence-electron chi connectivity index (χ1n) is 10.3. The Labute approximate surface area is 180 Å². The van der Waals surface area contributed by atoms with Gasteiger partial charge in [-0.25, -0.2) is 0 Å². The number of aromatic nitrogens is 1. The Hall–Kier alpha value is -2.79. The first-order chi connectivity index (χ1) is 14.7. The molecule has 1 atom stereocenters. The maximum atomic E-state index is 11.2. The van der Waals surface area contributed by atoms with Crippen molar-refractivity contribution in [2.24, 2.45) is 0 Å². The van der Waals surface area contributed by atoms with E-state index >= 15 is 0 Å². The number of morpholine rings is 1. The summed E-state index contributed by atoms with van der Waals surface area (Å²) >= 11 is 6.20. The van der Waals surface area contributed by atoms with Gasteiger partial charge in [0.05, 0.1) is 30.0 Å². The minimum atomic E-state index is 0.0553. The summed E-state index contributed by atoms with van der Waals surface area (Å²) in [6.45, 7) is 3.29. The summed E-state index contributed by atoms with van der Waals surface area (Å²) < 4.78 is 7.00. The topological polar surface area (TPSA) is 38.8 Å². The number of hydrogen-bond acceptors (Lipinski definition) is 2. The van der Waals surface area contributed by atoms with E-state index in [0.717, 1.165) is 59.0 Å². The molecule has 30 heavy (non-hydrogen) atoms. The first-order valence-corrected chi connectivity index (χ1v) is 10.7. The van der Waals surface area contributed by atoms with E-state index in [1.165, 1.54) is 15.2 Å². The number of fused-ring (bicyclic) bond motifs is 1. The van der Waals surface area contributed by atoms with E-state index in [0.29, 0.717) is 0 Å². The van der Waals surface area contributed by atoms with Gasteiger partial charge >= 0.3 is 0 Å². The molecule has 0 aliphatic carbocycles. The van der Waals surface area contributed by atoms with E-state index in [1.807, 2.05) is 48.5 Å². The minimum Gasteiger partial charge on any atom is -0.428 e. The van der Waals surface area contributed by atoms with E-state index in [4.69, 9.17) is 16.3 Å². The van der Waals surface area contributed by atoms with Gasteiger partial charge in [-0.15, -0.1) is 0 Å². The van der Waals surface area contributed by atoms with Gasteiger partial charge in [0, 0.05) is 21.5 Å². The van der Waals surface area contributed by atoms with Crippen LogP contribution in [0.15, 0.2) is 78.9 Å². The first kappa shape index (κ1) is 19.2. The Kier molecular flexibility index (Phi) is 5.21. The molecule has 1 aromatic heterocycles. The molecule has 1 aliphatic rings. The van der Waals surface area contributed by atoms with Gasteiger partial charge in [-0.2, -0.15) is 4.73 Å². The molecule has 0 saturated carbocycles. The predicted octanol–water partition coefficient (Wildman–Crippen LogP) is 4.20. The number of hydrogen-bond donors (Lipinski definition) is 2. The van der Waals surface area contributed by atoms with Crippen LogP contribution >= 0.6 is 11.6 Å². The molecule has 0 amide bonds. The maximum Gasteiger partial charge on any atom is 0.142 e. The lowest BCUT2D eigenvalue weighted by molar-refractivity contribution is -0.932. The number of quaternary nitrogens is 1. The number of para-hydroxylation sites is 1. The number of nitrogens with one attached hydrogen (secondary N) is 1. The van der Waals surface area contributed by atoms with Crippen molar-refractivity contribution in [2.75, 3.05) is 26.3 Å². The maximum absolute atomic E-state index is 11.2. The van der Waals surface area contributed by atoms with Gasteiger partial charge in [0.25, 0.3) is 0 Å². The van der Waals surface area contributed by atoms with Gasteiger partial charge < -0.3 is 14.8 Å². The number of rotatable bonds is 4. The van der Waals surface area contributed by atoms with E-state index in [-0.39, 0.29) is 6.04 Å².